The lowest BCUT2D eigenvalue weighted by Gasteiger charge is -2.07. The van der Waals surface area contributed by atoms with Crippen LogP contribution in [-0.2, 0) is 4.79 Å². The molecule has 1 aromatic rings. The summed E-state index contributed by atoms with van der Waals surface area (Å²) in [5.74, 6) is 2.77. The maximum Gasteiger partial charge on any atom is 0.293 e. The first-order valence-corrected chi connectivity index (χ1v) is 10.1. The molecule has 1 fully saturated rings. The molecule has 5 nitrogen and oxygen atoms in total. The highest BCUT2D eigenvalue weighted by Crippen LogP contribution is 2.35. The van der Waals surface area contributed by atoms with E-state index in [1.165, 1.54) is 29.2 Å². The van der Waals surface area contributed by atoms with Gasteiger partial charge in [0.05, 0.1) is 12.0 Å². The second-order valence-corrected chi connectivity index (χ2v) is 6.83. The van der Waals surface area contributed by atoms with Gasteiger partial charge >= 0.3 is 0 Å². The zero-order chi connectivity index (χ0) is 16.3. The van der Waals surface area contributed by atoms with E-state index in [1.54, 1.807) is 12.1 Å². The molecule has 1 N–H and O–H groups in total. The molecule has 1 saturated heterocycles. The number of phenolic OH excluding ortho intramolecular Hbond substituents is 1. The third-order valence-electron chi connectivity index (χ3n) is 2.85. The predicted molar refractivity (Wildman–Crippen MR) is 96.9 cm³/mol. The fourth-order valence-corrected chi connectivity index (χ4v) is 3.03. The van der Waals surface area contributed by atoms with Crippen molar-refractivity contribution in [1.82, 2.24) is 4.90 Å². The largest absolute Gasteiger partial charge is 0.504 e. The van der Waals surface area contributed by atoms with E-state index in [0.29, 0.717) is 16.0 Å². The monoisotopic (exact) mass is 447 g/mol. The van der Waals surface area contributed by atoms with E-state index in [-0.39, 0.29) is 22.6 Å². The van der Waals surface area contributed by atoms with Crippen LogP contribution in [0.3, 0.4) is 0 Å². The van der Waals surface area contributed by atoms with Crippen LogP contribution in [0.2, 0.25) is 0 Å². The minimum atomic E-state index is -0.357. The van der Waals surface area contributed by atoms with Crippen molar-refractivity contribution in [1.29, 1.82) is 0 Å². The number of thioether (sulfide) groups is 1. The number of benzene rings is 1. The molecule has 0 bridgehead atoms. The average molecular weight is 447 g/mol. The third-order valence-corrected chi connectivity index (χ3v) is 4.65. The van der Waals surface area contributed by atoms with Gasteiger partial charge in [0.2, 0.25) is 0 Å². The normalized spacial score (nSPS) is 16.0. The van der Waals surface area contributed by atoms with Crippen molar-refractivity contribution in [3.05, 3.63) is 28.2 Å². The molecule has 22 heavy (non-hydrogen) atoms. The molecule has 0 saturated carbocycles. The van der Waals surface area contributed by atoms with Crippen LogP contribution in [0.5, 0.6) is 11.5 Å². The smallest absolute Gasteiger partial charge is 0.293 e. The van der Waals surface area contributed by atoms with E-state index in [2.05, 4.69) is 11.2 Å². The fourth-order valence-electron chi connectivity index (χ4n) is 1.74. The minimum Gasteiger partial charge on any atom is -0.504 e. The van der Waals surface area contributed by atoms with Gasteiger partial charge < -0.3 is 9.84 Å². The first-order chi connectivity index (χ1) is 10.5. The van der Waals surface area contributed by atoms with E-state index in [4.69, 9.17) is 4.74 Å². The zero-order valence-electron chi connectivity index (χ0n) is 11.5. The van der Waals surface area contributed by atoms with Gasteiger partial charge in [0.25, 0.3) is 11.1 Å². The van der Waals surface area contributed by atoms with Gasteiger partial charge in [0.15, 0.2) is 11.5 Å². The lowest BCUT2D eigenvalue weighted by atomic mass is 10.1. The highest BCUT2D eigenvalue weighted by atomic mass is 127. The van der Waals surface area contributed by atoms with Crippen molar-refractivity contribution in [2.45, 2.75) is 0 Å². The lowest BCUT2D eigenvalue weighted by Crippen LogP contribution is -2.22. The third kappa shape index (κ3) is 3.53. The minimum absolute atomic E-state index is 0.0361. The van der Waals surface area contributed by atoms with Crippen LogP contribution in [0.15, 0.2) is 17.0 Å². The number of nitrogens with zero attached hydrogens (tertiary/aromatic N) is 1. The van der Waals surface area contributed by atoms with Crippen molar-refractivity contribution in [3.63, 3.8) is 0 Å². The molecule has 0 spiro atoms. The Hall–Kier alpha value is -1.31. The number of amides is 2. The summed E-state index contributed by atoms with van der Waals surface area (Å²) in [6.45, 7) is 0. The molecule has 114 valence electrons. The molecule has 0 radical (unpaired) electrons. The van der Waals surface area contributed by atoms with Crippen LogP contribution >= 0.6 is 41.9 Å². The summed E-state index contributed by atoms with van der Waals surface area (Å²) in [6.07, 6.45) is 1.58. The van der Waals surface area contributed by atoms with E-state index in [9.17, 15) is 14.7 Å². The maximum atomic E-state index is 12.0. The summed E-state index contributed by atoms with van der Waals surface area (Å²) in [7, 11) is 4.18. The van der Waals surface area contributed by atoms with Crippen LogP contribution in [-0.4, -0.2) is 35.3 Å². The predicted octanol–water partition coefficient (Wildman–Crippen LogP) is 3.46. The summed E-state index contributed by atoms with van der Waals surface area (Å²) in [6, 6.07) is 3.06. The van der Waals surface area contributed by atoms with Crippen LogP contribution < -0.4 is 4.74 Å². The SMILES string of the molecule is COc1cc(/C=C2\SC(=O)N(C)C2=O)c(C#CSI)cc1O. The second kappa shape index (κ2) is 7.30. The molecule has 1 aliphatic heterocycles. The van der Waals surface area contributed by atoms with Crippen LogP contribution in [0.1, 0.15) is 11.1 Å². The first-order valence-electron chi connectivity index (χ1n) is 5.89. The molecule has 8 heteroatoms. The number of aromatic hydroxyl groups is 1. The van der Waals surface area contributed by atoms with Gasteiger partial charge in [0, 0.05) is 39.9 Å². The Balaban J connectivity index is 2.53. The Morgan fingerprint density at radius 1 is 1.45 bits per heavy atom. The number of phenols is 1. The van der Waals surface area contributed by atoms with Gasteiger partial charge in [-0.15, -0.1) is 0 Å². The van der Waals surface area contributed by atoms with Crippen molar-refractivity contribution in [2.75, 3.05) is 14.2 Å². The highest BCUT2D eigenvalue weighted by Gasteiger charge is 2.32. The Labute approximate surface area is 148 Å². The van der Waals surface area contributed by atoms with Crippen LogP contribution in [0, 0.1) is 11.2 Å². The topological polar surface area (TPSA) is 66.8 Å². The van der Waals surface area contributed by atoms with Crippen LogP contribution in [0.25, 0.3) is 6.08 Å². The Morgan fingerprint density at radius 2 is 2.18 bits per heavy atom. The number of carbonyl (C=O) groups is 2. The van der Waals surface area contributed by atoms with Gasteiger partial charge in [-0.3, -0.25) is 14.5 Å². The number of methoxy groups -OCH3 is 1. The van der Waals surface area contributed by atoms with Crippen LogP contribution in [0.4, 0.5) is 4.79 Å². The zero-order valence-corrected chi connectivity index (χ0v) is 15.3. The van der Waals surface area contributed by atoms with Gasteiger partial charge in [-0.2, -0.15) is 0 Å². The number of rotatable bonds is 2. The quantitative estimate of drug-likeness (QED) is 0.426. The number of halogens is 1. The van der Waals surface area contributed by atoms with Gasteiger partial charge in [-0.25, -0.2) is 0 Å². The summed E-state index contributed by atoms with van der Waals surface area (Å²) in [4.78, 5) is 24.9. The number of hydrogen-bond donors (Lipinski definition) is 1. The Morgan fingerprint density at radius 3 is 2.73 bits per heavy atom. The van der Waals surface area contributed by atoms with Crippen molar-refractivity contribution in [3.8, 4) is 22.7 Å². The van der Waals surface area contributed by atoms with Gasteiger partial charge in [-0.1, -0.05) is 5.92 Å². The summed E-state index contributed by atoms with van der Waals surface area (Å²) >= 11 is 2.91. The second-order valence-electron chi connectivity index (χ2n) is 4.16. The first kappa shape index (κ1) is 17.1. The average Bonchev–Trinajstić information content (AvgIpc) is 2.74. The molecule has 1 aromatic carbocycles. The van der Waals surface area contributed by atoms with E-state index in [1.807, 2.05) is 21.2 Å². The van der Waals surface area contributed by atoms with Crippen molar-refractivity contribution in [2.24, 2.45) is 0 Å². The van der Waals surface area contributed by atoms with Crippen molar-refractivity contribution >= 4 is 59.1 Å². The molecule has 0 atom stereocenters. The number of ether oxygens (including phenoxy) is 1. The maximum absolute atomic E-state index is 12.0. The molecular weight excluding hydrogens is 437 g/mol. The number of carbonyl (C=O) groups excluding carboxylic acids is 2. The standard InChI is InChI=1S/C14H10INO4S2/c1-16-13(18)12(22-14(16)19)7-9-6-11(20-2)10(17)5-8(9)3-4-21-15/h5-7,17H,1-2H3/b12-7-. The summed E-state index contributed by atoms with van der Waals surface area (Å²) in [5.41, 5.74) is 1.15. The molecule has 2 rings (SSSR count). The number of likely N-dealkylation sites (N-methyl/N-ethyl adjacent to an activating group) is 1. The Kier molecular flexibility index (Phi) is 5.66. The summed E-state index contributed by atoms with van der Waals surface area (Å²) in [5, 5.41) is 12.4. The Bertz CT molecular complexity index is 736. The molecule has 0 aromatic heterocycles. The highest BCUT2D eigenvalue weighted by molar-refractivity contribution is 14.2. The number of hydrogen-bond acceptors (Lipinski definition) is 6. The van der Waals surface area contributed by atoms with Gasteiger partial charge in [-0.05, 0) is 43.7 Å². The molecular formula is C14H10INO4S2. The molecule has 2 amide bonds. The molecule has 0 unspecified atom stereocenters. The molecule has 1 heterocycles. The summed E-state index contributed by atoms with van der Waals surface area (Å²) < 4.78 is 5.08. The number of imide groups is 1. The van der Waals surface area contributed by atoms with E-state index < -0.39 is 0 Å². The van der Waals surface area contributed by atoms with Gasteiger partial charge in [0.1, 0.15) is 0 Å². The fraction of sp³-hybridized carbons (Fsp3) is 0.143. The lowest BCUT2D eigenvalue weighted by molar-refractivity contribution is -0.121. The van der Waals surface area contributed by atoms with E-state index >= 15 is 0 Å². The van der Waals surface area contributed by atoms with Crippen molar-refractivity contribution < 1.29 is 19.4 Å². The molecule has 0 aliphatic carbocycles. The molecule has 1 aliphatic rings. The van der Waals surface area contributed by atoms with E-state index in [0.717, 1.165) is 16.7 Å².